The van der Waals surface area contributed by atoms with E-state index in [9.17, 15) is 4.39 Å². The van der Waals surface area contributed by atoms with Crippen molar-refractivity contribution in [3.63, 3.8) is 0 Å². The molecule has 18 heavy (non-hydrogen) atoms. The lowest BCUT2D eigenvalue weighted by Crippen LogP contribution is -2.19. The average molecular weight is 242 g/mol. The summed E-state index contributed by atoms with van der Waals surface area (Å²) in [4.78, 5) is 6.31. The van der Waals surface area contributed by atoms with E-state index in [4.69, 9.17) is 0 Å². The second kappa shape index (κ2) is 4.77. The third kappa shape index (κ3) is 2.08. The summed E-state index contributed by atoms with van der Waals surface area (Å²) in [5, 5.41) is 0. The SMILES string of the molecule is Fc1ccccc1C1CCN(c2ccncc2)C1. The van der Waals surface area contributed by atoms with E-state index in [0.29, 0.717) is 5.92 Å². The van der Waals surface area contributed by atoms with E-state index in [1.54, 1.807) is 24.5 Å². The van der Waals surface area contributed by atoms with Crippen molar-refractivity contribution in [1.29, 1.82) is 0 Å². The van der Waals surface area contributed by atoms with Gasteiger partial charge in [0.25, 0.3) is 0 Å². The molecule has 0 spiro atoms. The Morgan fingerprint density at radius 1 is 1.11 bits per heavy atom. The molecule has 2 nitrogen and oxygen atoms in total. The molecule has 1 aromatic heterocycles. The van der Waals surface area contributed by atoms with Gasteiger partial charge in [-0.05, 0) is 30.2 Å². The Kier molecular flexibility index (Phi) is 2.97. The molecule has 0 bridgehead atoms. The molecule has 92 valence electrons. The monoisotopic (exact) mass is 242 g/mol. The number of hydrogen-bond donors (Lipinski definition) is 0. The summed E-state index contributed by atoms with van der Waals surface area (Å²) >= 11 is 0. The Morgan fingerprint density at radius 3 is 2.67 bits per heavy atom. The molecule has 3 heteroatoms. The van der Waals surface area contributed by atoms with Crippen LogP contribution in [0.5, 0.6) is 0 Å². The molecule has 0 N–H and O–H groups in total. The fourth-order valence-corrected chi connectivity index (χ4v) is 2.61. The van der Waals surface area contributed by atoms with Crippen molar-refractivity contribution in [3.05, 3.63) is 60.2 Å². The predicted octanol–water partition coefficient (Wildman–Crippen LogP) is 3.21. The van der Waals surface area contributed by atoms with Crippen molar-refractivity contribution in [2.45, 2.75) is 12.3 Å². The zero-order valence-corrected chi connectivity index (χ0v) is 10.1. The highest BCUT2D eigenvalue weighted by Crippen LogP contribution is 2.31. The number of pyridine rings is 1. The van der Waals surface area contributed by atoms with Gasteiger partial charge in [-0.2, -0.15) is 0 Å². The van der Waals surface area contributed by atoms with Crippen molar-refractivity contribution in [2.24, 2.45) is 0 Å². The molecular formula is C15H15FN2. The number of nitrogens with zero attached hydrogens (tertiary/aromatic N) is 2. The fourth-order valence-electron chi connectivity index (χ4n) is 2.61. The fraction of sp³-hybridized carbons (Fsp3) is 0.267. The lowest BCUT2D eigenvalue weighted by molar-refractivity contribution is 0.589. The van der Waals surface area contributed by atoms with E-state index >= 15 is 0 Å². The molecule has 0 amide bonds. The van der Waals surface area contributed by atoms with Gasteiger partial charge in [0.1, 0.15) is 5.82 Å². The first-order valence-corrected chi connectivity index (χ1v) is 6.24. The quantitative estimate of drug-likeness (QED) is 0.804. The van der Waals surface area contributed by atoms with Crippen LogP contribution >= 0.6 is 0 Å². The molecule has 2 aromatic rings. The van der Waals surface area contributed by atoms with Crippen molar-refractivity contribution in [2.75, 3.05) is 18.0 Å². The van der Waals surface area contributed by atoms with Crippen LogP contribution in [0.1, 0.15) is 17.9 Å². The van der Waals surface area contributed by atoms with E-state index in [2.05, 4.69) is 9.88 Å². The second-order valence-electron chi connectivity index (χ2n) is 4.66. The molecule has 2 heterocycles. The standard InChI is InChI=1S/C15H15FN2/c16-15-4-2-1-3-14(15)12-7-10-18(11-12)13-5-8-17-9-6-13/h1-6,8-9,12H,7,10-11H2. The summed E-state index contributed by atoms with van der Waals surface area (Å²) in [7, 11) is 0. The molecule has 0 saturated carbocycles. The van der Waals surface area contributed by atoms with Crippen molar-refractivity contribution < 1.29 is 4.39 Å². The molecule has 1 unspecified atom stereocenters. The predicted molar refractivity (Wildman–Crippen MR) is 70.2 cm³/mol. The smallest absolute Gasteiger partial charge is 0.126 e. The van der Waals surface area contributed by atoms with Crippen molar-refractivity contribution in [3.8, 4) is 0 Å². The van der Waals surface area contributed by atoms with Gasteiger partial charge in [0.2, 0.25) is 0 Å². The van der Waals surface area contributed by atoms with Crippen LogP contribution in [0, 0.1) is 5.82 Å². The molecule has 1 fully saturated rings. The van der Waals surface area contributed by atoms with Crippen LogP contribution in [0.25, 0.3) is 0 Å². The first-order chi connectivity index (χ1) is 8.84. The van der Waals surface area contributed by atoms with Gasteiger partial charge >= 0.3 is 0 Å². The van der Waals surface area contributed by atoms with Crippen LogP contribution in [-0.4, -0.2) is 18.1 Å². The zero-order chi connectivity index (χ0) is 12.4. The number of hydrogen-bond acceptors (Lipinski definition) is 2. The van der Waals surface area contributed by atoms with E-state index in [0.717, 1.165) is 25.1 Å². The number of aromatic nitrogens is 1. The topological polar surface area (TPSA) is 16.1 Å². The Hall–Kier alpha value is -1.90. The Balaban J connectivity index is 1.78. The molecular weight excluding hydrogens is 227 g/mol. The molecule has 1 atom stereocenters. The lowest BCUT2D eigenvalue weighted by atomic mass is 9.98. The van der Waals surface area contributed by atoms with Gasteiger partial charge in [-0.1, -0.05) is 18.2 Å². The van der Waals surface area contributed by atoms with E-state index < -0.39 is 0 Å². The summed E-state index contributed by atoms with van der Waals surface area (Å²) in [6.07, 6.45) is 4.60. The maximum Gasteiger partial charge on any atom is 0.126 e. The summed E-state index contributed by atoms with van der Waals surface area (Å²) in [6, 6.07) is 11.1. The number of rotatable bonds is 2. The minimum atomic E-state index is -0.0842. The van der Waals surface area contributed by atoms with E-state index in [1.165, 1.54) is 5.69 Å². The van der Waals surface area contributed by atoms with Crippen LogP contribution in [0.2, 0.25) is 0 Å². The van der Waals surface area contributed by atoms with Crippen molar-refractivity contribution in [1.82, 2.24) is 4.98 Å². The van der Waals surface area contributed by atoms with E-state index in [-0.39, 0.29) is 5.82 Å². The summed E-state index contributed by atoms with van der Waals surface area (Å²) < 4.78 is 13.7. The number of benzene rings is 1. The first kappa shape index (κ1) is 11.2. The first-order valence-electron chi connectivity index (χ1n) is 6.24. The van der Waals surface area contributed by atoms with Crippen molar-refractivity contribution >= 4 is 5.69 Å². The highest BCUT2D eigenvalue weighted by atomic mass is 19.1. The van der Waals surface area contributed by atoms with Crippen LogP contribution in [0.3, 0.4) is 0 Å². The number of anilines is 1. The zero-order valence-electron chi connectivity index (χ0n) is 10.1. The normalized spacial score (nSPS) is 19.2. The molecule has 1 aromatic carbocycles. The van der Waals surface area contributed by atoms with Crippen LogP contribution < -0.4 is 4.90 Å². The Morgan fingerprint density at radius 2 is 1.89 bits per heavy atom. The van der Waals surface area contributed by atoms with Crippen LogP contribution in [-0.2, 0) is 0 Å². The highest BCUT2D eigenvalue weighted by molar-refractivity contribution is 5.46. The molecule has 1 saturated heterocycles. The maximum absolute atomic E-state index is 13.7. The highest BCUT2D eigenvalue weighted by Gasteiger charge is 2.25. The summed E-state index contributed by atoms with van der Waals surface area (Å²) in [5.74, 6) is 0.207. The Labute approximate surface area is 106 Å². The van der Waals surface area contributed by atoms with Gasteiger partial charge in [0.05, 0.1) is 0 Å². The summed E-state index contributed by atoms with van der Waals surface area (Å²) in [5.41, 5.74) is 2.01. The second-order valence-corrected chi connectivity index (χ2v) is 4.66. The van der Waals surface area contributed by atoms with E-state index in [1.807, 2.05) is 24.3 Å². The lowest BCUT2D eigenvalue weighted by Gasteiger charge is -2.18. The average Bonchev–Trinajstić information content (AvgIpc) is 2.90. The van der Waals surface area contributed by atoms with Gasteiger partial charge in [-0.15, -0.1) is 0 Å². The number of halogens is 1. The maximum atomic E-state index is 13.7. The molecule has 1 aliphatic rings. The van der Waals surface area contributed by atoms with Gasteiger partial charge in [0.15, 0.2) is 0 Å². The molecule has 0 aliphatic carbocycles. The minimum absolute atomic E-state index is 0.0842. The van der Waals surface area contributed by atoms with Crippen LogP contribution in [0.15, 0.2) is 48.8 Å². The van der Waals surface area contributed by atoms with Crippen LogP contribution in [0.4, 0.5) is 10.1 Å². The van der Waals surface area contributed by atoms with Gasteiger partial charge < -0.3 is 4.90 Å². The molecule has 1 aliphatic heterocycles. The minimum Gasteiger partial charge on any atom is -0.371 e. The molecule has 0 radical (unpaired) electrons. The Bertz CT molecular complexity index is 527. The van der Waals surface area contributed by atoms with Gasteiger partial charge in [-0.3, -0.25) is 4.98 Å². The molecule has 3 rings (SSSR count). The largest absolute Gasteiger partial charge is 0.371 e. The third-order valence-electron chi connectivity index (χ3n) is 3.56. The summed E-state index contributed by atoms with van der Waals surface area (Å²) in [6.45, 7) is 1.86. The van der Waals surface area contributed by atoms with Gasteiger partial charge in [-0.25, -0.2) is 4.39 Å². The van der Waals surface area contributed by atoms with Gasteiger partial charge in [0, 0.05) is 37.1 Å². The third-order valence-corrected chi connectivity index (χ3v) is 3.56.